The van der Waals surface area contributed by atoms with Crippen molar-refractivity contribution in [2.45, 2.75) is 32.4 Å². The largest absolute Gasteiger partial charge is 0.357 e. The molecule has 0 unspecified atom stereocenters. The van der Waals surface area contributed by atoms with Gasteiger partial charge in [-0.05, 0) is 43.7 Å². The monoisotopic (exact) mass is 567 g/mol. The van der Waals surface area contributed by atoms with Crippen molar-refractivity contribution in [2.75, 3.05) is 24.2 Å². The Hall–Kier alpha value is -1.71. The van der Waals surface area contributed by atoms with Crippen LogP contribution in [-0.2, 0) is 26.2 Å². The lowest BCUT2D eigenvalue weighted by atomic mass is 10.1. The molecule has 1 N–H and O–H groups in total. The van der Waals surface area contributed by atoms with Crippen LogP contribution >= 0.6 is 46.4 Å². The minimum absolute atomic E-state index is 0.0142. The van der Waals surface area contributed by atoms with Gasteiger partial charge in [0.05, 0.1) is 17.0 Å². The summed E-state index contributed by atoms with van der Waals surface area (Å²) in [4.78, 5) is 26.8. The van der Waals surface area contributed by atoms with Gasteiger partial charge in [-0.15, -0.1) is 0 Å². The zero-order chi connectivity index (χ0) is 25.6. The fourth-order valence-corrected chi connectivity index (χ4v) is 5.23. The predicted molar refractivity (Wildman–Crippen MR) is 138 cm³/mol. The van der Waals surface area contributed by atoms with E-state index in [-0.39, 0.29) is 48.5 Å². The first-order valence-corrected chi connectivity index (χ1v) is 13.6. The molecular weight excluding hydrogens is 544 g/mol. The van der Waals surface area contributed by atoms with Crippen molar-refractivity contribution >= 4 is 73.9 Å². The molecule has 0 bridgehead atoms. The number of amides is 2. The molecule has 2 rings (SSSR count). The number of carbonyl (C=O) groups excluding carboxylic acids is 2. The van der Waals surface area contributed by atoms with E-state index in [0.29, 0.717) is 20.6 Å². The van der Waals surface area contributed by atoms with Crippen LogP contribution in [0.3, 0.4) is 0 Å². The minimum atomic E-state index is -3.70. The van der Waals surface area contributed by atoms with Crippen LogP contribution in [0.1, 0.15) is 25.3 Å². The topological polar surface area (TPSA) is 86.8 Å². The van der Waals surface area contributed by atoms with Crippen molar-refractivity contribution < 1.29 is 18.0 Å². The Morgan fingerprint density at radius 3 is 2.21 bits per heavy atom. The van der Waals surface area contributed by atoms with E-state index in [0.717, 1.165) is 10.6 Å². The Labute approximate surface area is 220 Å². The second-order valence-corrected chi connectivity index (χ2v) is 11.1. The van der Waals surface area contributed by atoms with Gasteiger partial charge < -0.3 is 10.2 Å². The van der Waals surface area contributed by atoms with Crippen molar-refractivity contribution in [3.63, 3.8) is 0 Å². The molecule has 0 radical (unpaired) electrons. The Balaban J connectivity index is 2.23. The van der Waals surface area contributed by atoms with E-state index in [4.69, 9.17) is 46.4 Å². The summed E-state index contributed by atoms with van der Waals surface area (Å²) >= 11 is 24.7. The number of hydrogen-bond donors (Lipinski definition) is 1. The summed E-state index contributed by atoms with van der Waals surface area (Å²) in [6.45, 7) is 1.59. The first kappa shape index (κ1) is 28.5. The highest BCUT2D eigenvalue weighted by molar-refractivity contribution is 7.92. The lowest BCUT2D eigenvalue weighted by Crippen LogP contribution is -2.47. The number of carbonyl (C=O) groups is 2. The van der Waals surface area contributed by atoms with Gasteiger partial charge in [-0.1, -0.05) is 52.5 Å². The highest BCUT2D eigenvalue weighted by Crippen LogP contribution is 2.31. The fourth-order valence-electron chi connectivity index (χ4n) is 3.30. The van der Waals surface area contributed by atoms with Crippen LogP contribution in [0.5, 0.6) is 0 Å². The normalized spacial score (nSPS) is 12.2. The first-order chi connectivity index (χ1) is 15.9. The lowest BCUT2D eigenvalue weighted by molar-refractivity contribution is -0.140. The summed E-state index contributed by atoms with van der Waals surface area (Å²) in [5.41, 5.74) is 0.737. The molecule has 34 heavy (non-hydrogen) atoms. The summed E-state index contributed by atoms with van der Waals surface area (Å²) in [6, 6.07) is 8.68. The van der Waals surface area contributed by atoms with Gasteiger partial charge in [0.15, 0.2) is 0 Å². The van der Waals surface area contributed by atoms with Crippen LogP contribution in [0.15, 0.2) is 36.4 Å². The van der Waals surface area contributed by atoms with Crippen molar-refractivity contribution in [2.24, 2.45) is 0 Å². The molecule has 7 nitrogen and oxygen atoms in total. The van der Waals surface area contributed by atoms with Crippen molar-refractivity contribution in [3.8, 4) is 0 Å². The van der Waals surface area contributed by atoms with E-state index >= 15 is 0 Å². The number of rotatable bonds is 10. The second kappa shape index (κ2) is 12.3. The standard InChI is InChI=1S/C22H25Cl4N3O4S/c1-14(22(31)27-2)28(13-16-17(24)6-4-7-18(16)25)21(30)8-5-11-29(34(3,32)33)20-12-15(23)9-10-19(20)26/h4,6-7,9-10,12,14H,5,8,11,13H2,1-3H3,(H,27,31)/t14-/m0/s1. The van der Waals surface area contributed by atoms with E-state index in [1.807, 2.05) is 0 Å². The number of anilines is 1. The van der Waals surface area contributed by atoms with Crippen LogP contribution < -0.4 is 9.62 Å². The van der Waals surface area contributed by atoms with Gasteiger partial charge in [0.1, 0.15) is 6.04 Å². The molecule has 0 saturated carbocycles. The van der Waals surface area contributed by atoms with Crippen molar-refractivity contribution in [3.05, 3.63) is 62.1 Å². The zero-order valence-electron chi connectivity index (χ0n) is 18.8. The molecule has 0 aliphatic rings. The van der Waals surface area contributed by atoms with Gasteiger partial charge in [-0.25, -0.2) is 8.42 Å². The Bertz CT molecular complexity index is 1140. The average molecular weight is 569 g/mol. The van der Waals surface area contributed by atoms with Crippen LogP contribution in [-0.4, -0.2) is 51.0 Å². The number of halogens is 4. The molecule has 1 atom stereocenters. The molecule has 186 valence electrons. The second-order valence-electron chi connectivity index (χ2n) is 7.55. The molecule has 0 fully saturated rings. The maximum atomic E-state index is 13.2. The lowest BCUT2D eigenvalue weighted by Gasteiger charge is -2.29. The number of likely N-dealkylation sites (N-methyl/N-ethyl adjacent to an activating group) is 1. The molecule has 0 saturated heterocycles. The molecule has 0 aliphatic carbocycles. The van der Waals surface area contributed by atoms with E-state index in [9.17, 15) is 18.0 Å². The van der Waals surface area contributed by atoms with Crippen LogP contribution in [0.4, 0.5) is 5.69 Å². The van der Waals surface area contributed by atoms with E-state index in [2.05, 4.69) is 5.32 Å². The smallest absolute Gasteiger partial charge is 0.242 e. The molecule has 2 aromatic carbocycles. The third kappa shape index (κ3) is 7.39. The number of sulfonamides is 1. The van der Waals surface area contributed by atoms with E-state index in [1.165, 1.54) is 24.1 Å². The maximum Gasteiger partial charge on any atom is 0.242 e. The molecule has 0 aromatic heterocycles. The quantitative estimate of drug-likeness (QED) is 0.436. The van der Waals surface area contributed by atoms with Gasteiger partial charge in [0.25, 0.3) is 0 Å². The van der Waals surface area contributed by atoms with E-state index < -0.39 is 16.1 Å². The third-order valence-electron chi connectivity index (χ3n) is 5.13. The molecular formula is C22H25Cl4N3O4S. The summed E-state index contributed by atoms with van der Waals surface area (Å²) in [7, 11) is -2.23. The Morgan fingerprint density at radius 1 is 1.03 bits per heavy atom. The number of benzene rings is 2. The average Bonchev–Trinajstić information content (AvgIpc) is 2.76. The predicted octanol–water partition coefficient (Wildman–Crippen LogP) is 5.01. The van der Waals surface area contributed by atoms with Gasteiger partial charge in [-0.3, -0.25) is 13.9 Å². The first-order valence-electron chi connectivity index (χ1n) is 10.2. The molecule has 2 aromatic rings. The fraction of sp³-hybridized carbons (Fsp3) is 0.364. The summed E-state index contributed by atoms with van der Waals surface area (Å²) in [5, 5.41) is 3.80. The Kier molecular flexibility index (Phi) is 10.3. The van der Waals surface area contributed by atoms with E-state index in [1.54, 1.807) is 31.2 Å². The molecule has 0 spiro atoms. The highest BCUT2D eigenvalue weighted by atomic mass is 35.5. The van der Waals surface area contributed by atoms with Gasteiger partial charge in [0, 0.05) is 47.2 Å². The number of hydrogen-bond acceptors (Lipinski definition) is 4. The third-order valence-corrected chi connectivity index (χ3v) is 7.58. The van der Waals surface area contributed by atoms with Crippen LogP contribution in [0.25, 0.3) is 0 Å². The summed E-state index contributed by atoms with van der Waals surface area (Å²) in [6.07, 6.45) is 1.18. The molecule has 2 amide bonds. The van der Waals surface area contributed by atoms with Crippen molar-refractivity contribution in [1.82, 2.24) is 10.2 Å². The number of nitrogens with zero attached hydrogens (tertiary/aromatic N) is 2. The molecule has 0 heterocycles. The SMILES string of the molecule is CNC(=O)[C@H](C)N(Cc1c(Cl)cccc1Cl)C(=O)CCCN(c1cc(Cl)ccc1Cl)S(C)(=O)=O. The van der Waals surface area contributed by atoms with Crippen LogP contribution in [0.2, 0.25) is 20.1 Å². The highest BCUT2D eigenvalue weighted by Gasteiger charge is 2.27. The van der Waals surface area contributed by atoms with Gasteiger partial charge in [-0.2, -0.15) is 0 Å². The molecule has 12 heteroatoms. The maximum absolute atomic E-state index is 13.2. The minimum Gasteiger partial charge on any atom is -0.357 e. The van der Waals surface area contributed by atoms with Crippen LogP contribution in [0, 0.1) is 0 Å². The molecule has 0 aliphatic heterocycles. The van der Waals surface area contributed by atoms with Crippen molar-refractivity contribution in [1.29, 1.82) is 0 Å². The Morgan fingerprint density at radius 2 is 1.65 bits per heavy atom. The summed E-state index contributed by atoms with van der Waals surface area (Å²) < 4.78 is 25.9. The summed E-state index contributed by atoms with van der Waals surface area (Å²) in [5.74, 6) is -0.724. The number of nitrogens with one attached hydrogen (secondary N) is 1. The zero-order valence-corrected chi connectivity index (χ0v) is 22.7. The van der Waals surface area contributed by atoms with Gasteiger partial charge in [0.2, 0.25) is 21.8 Å². The van der Waals surface area contributed by atoms with Gasteiger partial charge >= 0.3 is 0 Å².